The van der Waals surface area contributed by atoms with E-state index in [0.29, 0.717) is 16.8 Å². The van der Waals surface area contributed by atoms with E-state index in [0.717, 1.165) is 5.52 Å². The average Bonchev–Trinajstić information content (AvgIpc) is 3.01. The monoisotopic (exact) mass is 272 g/mol. The number of hydrogen-bond donors (Lipinski definition) is 1. The van der Waals surface area contributed by atoms with Gasteiger partial charge in [0.05, 0.1) is 11.8 Å². The third kappa shape index (κ3) is 2.07. The smallest absolute Gasteiger partial charge is 0.268 e. The Hall–Kier alpha value is -2.56. The summed E-state index contributed by atoms with van der Waals surface area (Å²) in [6.07, 6.45) is 1.58. The maximum absolute atomic E-state index is 13.5. The van der Waals surface area contributed by atoms with Crippen molar-refractivity contribution in [1.82, 2.24) is 9.88 Å². The van der Waals surface area contributed by atoms with E-state index >= 15 is 0 Å². The van der Waals surface area contributed by atoms with Crippen molar-refractivity contribution < 1.29 is 13.6 Å². The quantitative estimate of drug-likeness (QED) is 0.797. The number of aromatic nitrogens is 1. The topological polar surface area (TPSA) is 47.2 Å². The summed E-state index contributed by atoms with van der Waals surface area (Å²) in [5, 5.41) is 2.71. The number of carbonyl (C=O) groups is 1. The van der Waals surface area contributed by atoms with Crippen LogP contribution >= 0.6 is 0 Å². The van der Waals surface area contributed by atoms with Crippen molar-refractivity contribution in [3.8, 4) is 0 Å². The van der Waals surface area contributed by atoms with Crippen LogP contribution < -0.4 is 5.32 Å². The highest BCUT2D eigenvalue weighted by Gasteiger charge is 2.15. The molecule has 0 saturated carbocycles. The lowest BCUT2D eigenvalue weighted by atomic mass is 10.2. The second kappa shape index (κ2) is 4.85. The number of carbonyl (C=O) groups excluding carboxylic acids is 1. The molecule has 3 aromatic rings. The summed E-state index contributed by atoms with van der Waals surface area (Å²) >= 11 is 0. The van der Waals surface area contributed by atoms with Crippen LogP contribution in [-0.2, 0) is 13.6 Å². The fraction of sp³-hybridized carbons (Fsp3) is 0.133. The van der Waals surface area contributed by atoms with Gasteiger partial charge in [-0.15, -0.1) is 0 Å². The zero-order valence-corrected chi connectivity index (χ0v) is 10.9. The number of hydrogen-bond acceptors (Lipinski definition) is 2. The third-order valence-corrected chi connectivity index (χ3v) is 3.29. The fourth-order valence-corrected chi connectivity index (χ4v) is 2.18. The van der Waals surface area contributed by atoms with Crippen molar-refractivity contribution in [2.75, 3.05) is 0 Å². The molecule has 0 bridgehead atoms. The van der Waals surface area contributed by atoms with Gasteiger partial charge in [-0.2, -0.15) is 0 Å². The van der Waals surface area contributed by atoms with Crippen molar-refractivity contribution in [1.29, 1.82) is 0 Å². The first kappa shape index (κ1) is 12.5. The number of furan rings is 1. The Kier molecular flexibility index (Phi) is 3.02. The first-order chi connectivity index (χ1) is 9.66. The van der Waals surface area contributed by atoms with Gasteiger partial charge < -0.3 is 14.3 Å². The molecule has 0 atom stereocenters. The van der Waals surface area contributed by atoms with E-state index in [1.807, 2.05) is 0 Å². The molecule has 0 radical (unpaired) electrons. The van der Waals surface area contributed by atoms with E-state index in [-0.39, 0.29) is 18.3 Å². The molecular weight excluding hydrogens is 259 g/mol. The first-order valence-corrected chi connectivity index (χ1v) is 6.21. The number of nitrogens with one attached hydrogen (secondary N) is 1. The number of halogens is 1. The molecule has 5 heteroatoms. The third-order valence-electron chi connectivity index (χ3n) is 3.29. The molecule has 1 amide bonds. The molecule has 0 fully saturated rings. The molecule has 4 nitrogen and oxygen atoms in total. The summed E-state index contributed by atoms with van der Waals surface area (Å²) in [5.41, 5.74) is 2.44. The second-order valence-corrected chi connectivity index (χ2v) is 4.53. The van der Waals surface area contributed by atoms with E-state index < -0.39 is 0 Å². The second-order valence-electron chi connectivity index (χ2n) is 4.53. The number of nitrogens with zero attached hydrogens (tertiary/aromatic N) is 1. The van der Waals surface area contributed by atoms with Gasteiger partial charge in [0.1, 0.15) is 11.5 Å². The lowest BCUT2D eigenvalue weighted by Gasteiger charge is -2.07. The molecule has 0 unspecified atom stereocenters. The standard InChI is InChI=1S/C15H13FN2O2/c1-18-12-6-7-20-14(12)8-13(18)15(19)17-9-10-4-2-3-5-11(10)16/h2-8H,9H2,1H3,(H,17,19). The molecule has 0 aliphatic rings. The van der Waals surface area contributed by atoms with Crippen molar-refractivity contribution in [2.45, 2.75) is 6.54 Å². The zero-order chi connectivity index (χ0) is 14.1. The largest absolute Gasteiger partial charge is 0.463 e. The maximum Gasteiger partial charge on any atom is 0.268 e. The number of fused-ring (bicyclic) bond motifs is 1. The van der Waals surface area contributed by atoms with Gasteiger partial charge in [-0.3, -0.25) is 4.79 Å². The van der Waals surface area contributed by atoms with Gasteiger partial charge in [-0.1, -0.05) is 18.2 Å². The van der Waals surface area contributed by atoms with E-state index in [1.54, 1.807) is 48.2 Å². The minimum absolute atomic E-state index is 0.151. The molecule has 1 N–H and O–H groups in total. The molecule has 1 aromatic carbocycles. The SMILES string of the molecule is Cn1c(C(=O)NCc2ccccc2F)cc2occc21. The molecule has 2 aromatic heterocycles. The molecular formula is C15H13FN2O2. The Bertz CT molecular complexity index is 773. The highest BCUT2D eigenvalue weighted by Crippen LogP contribution is 2.19. The van der Waals surface area contributed by atoms with E-state index in [4.69, 9.17) is 4.42 Å². The molecule has 0 saturated heterocycles. The van der Waals surface area contributed by atoms with Gasteiger partial charge in [-0.05, 0) is 6.07 Å². The number of aryl methyl sites for hydroxylation is 1. The van der Waals surface area contributed by atoms with Gasteiger partial charge >= 0.3 is 0 Å². The average molecular weight is 272 g/mol. The van der Waals surface area contributed by atoms with Crippen molar-refractivity contribution >= 4 is 17.0 Å². The fourth-order valence-electron chi connectivity index (χ4n) is 2.18. The van der Waals surface area contributed by atoms with Crippen molar-refractivity contribution in [3.05, 3.63) is 59.7 Å². The predicted octanol–water partition coefficient (Wildman–Crippen LogP) is 2.84. The number of amides is 1. The van der Waals surface area contributed by atoms with E-state index in [1.165, 1.54) is 6.07 Å². The highest BCUT2D eigenvalue weighted by atomic mass is 19.1. The van der Waals surface area contributed by atoms with Crippen LogP contribution in [0.5, 0.6) is 0 Å². The summed E-state index contributed by atoms with van der Waals surface area (Å²) in [7, 11) is 1.79. The lowest BCUT2D eigenvalue weighted by molar-refractivity contribution is 0.0943. The lowest BCUT2D eigenvalue weighted by Crippen LogP contribution is -2.25. The minimum Gasteiger partial charge on any atom is -0.463 e. The van der Waals surface area contributed by atoms with Gasteiger partial charge in [0.25, 0.3) is 5.91 Å². The summed E-state index contributed by atoms with van der Waals surface area (Å²) in [5.74, 6) is -0.587. The Labute approximate surface area is 114 Å². The normalized spacial score (nSPS) is 10.9. The van der Waals surface area contributed by atoms with Crippen LogP contribution in [0.3, 0.4) is 0 Å². The van der Waals surface area contributed by atoms with Gasteiger partial charge in [0, 0.05) is 31.3 Å². The number of benzene rings is 1. The Morgan fingerprint density at radius 1 is 1.35 bits per heavy atom. The maximum atomic E-state index is 13.5. The molecule has 20 heavy (non-hydrogen) atoms. The molecule has 3 rings (SSSR count). The van der Waals surface area contributed by atoms with Crippen molar-refractivity contribution in [2.24, 2.45) is 7.05 Å². The van der Waals surface area contributed by atoms with Crippen LogP contribution in [0.2, 0.25) is 0 Å². The molecule has 0 spiro atoms. The van der Waals surface area contributed by atoms with Crippen LogP contribution in [0.15, 0.2) is 47.1 Å². The van der Waals surface area contributed by atoms with E-state index in [9.17, 15) is 9.18 Å². The Morgan fingerprint density at radius 3 is 2.90 bits per heavy atom. The first-order valence-electron chi connectivity index (χ1n) is 6.21. The van der Waals surface area contributed by atoms with Crippen LogP contribution in [0.25, 0.3) is 11.1 Å². The summed E-state index contributed by atoms with van der Waals surface area (Å²) in [6, 6.07) is 9.84. The molecule has 0 aliphatic heterocycles. The summed E-state index contributed by atoms with van der Waals surface area (Å²) in [4.78, 5) is 12.1. The minimum atomic E-state index is -0.326. The number of rotatable bonds is 3. The highest BCUT2D eigenvalue weighted by molar-refractivity contribution is 5.97. The summed E-state index contributed by atoms with van der Waals surface area (Å²) < 4.78 is 20.5. The zero-order valence-electron chi connectivity index (χ0n) is 10.9. The molecule has 102 valence electrons. The predicted molar refractivity (Wildman–Crippen MR) is 72.8 cm³/mol. The van der Waals surface area contributed by atoms with E-state index in [2.05, 4.69) is 5.32 Å². The van der Waals surface area contributed by atoms with Crippen LogP contribution in [0.1, 0.15) is 16.1 Å². The summed E-state index contributed by atoms with van der Waals surface area (Å²) in [6.45, 7) is 0.151. The van der Waals surface area contributed by atoms with Crippen LogP contribution in [0.4, 0.5) is 4.39 Å². The van der Waals surface area contributed by atoms with Crippen molar-refractivity contribution in [3.63, 3.8) is 0 Å². The molecule has 0 aliphatic carbocycles. The Balaban J connectivity index is 1.78. The molecule has 2 heterocycles. The van der Waals surface area contributed by atoms with Crippen LogP contribution in [-0.4, -0.2) is 10.5 Å². The van der Waals surface area contributed by atoms with Crippen LogP contribution in [0, 0.1) is 5.82 Å². The van der Waals surface area contributed by atoms with Gasteiger partial charge in [0.2, 0.25) is 0 Å². The van der Waals surface area contributed by atoms with Gasteiger partial charge in [0.15, 0.2) is 5.58 Å². The Morgan fingerprint density at radius 2 is 2.15 bits per heavy atom. The van der Waals surface area contributed by atoms with Gasteiger partial charge in [-0.25, -0.2) is 4.39 Å².